The molecule has 0 saturated heterocycles. The molecular formula is C49H90O6. The predicted octanol–water partition coefficient (Wildman–Crippen LogP) is 15.2. The van der Waals surface area contributed by atoms with Crippen molar-refractivity contribution in [1.82, 2.24) is 0 Å². The van der Waals surface area contributed by atoms with Crippen LogP contribution in [0.15, 0.2) is 24.3 Å². The Morgan fingerprint density at radius 2 is 0.618 bits per heavy atom. The van der Waals surface area contributed by atoms with E-state index in [0.717, 1.165) is 70.6 Å². The molecule has 0 aromatic carbocycles. The third-order valence-electron chi connectivity index (χ3n) is 10.4. The normalized spacial score (nSPS) is 12.1. The minimum Gasteiger partial charge on any atom is -0.462 e. The zero-order valence-electron chi connectivity index (χ0n) is 36.7. The van der Waals surface area contributed by atoms with Gasteiger partial charge < -0.3 is 14.2 Å². The Hall–Kier alpha value is -2.11. The van der Waals surface area contributed by atoms with E-state index in [-0.39, 0.29) is 31.1 Å². The first-order valence-corrected chi connectivity index (χ1v) is 23.8. The van der Waals surface area contributed by atoms with Gasteiger partial charge in [0.15, 0.2) is 6.10 Å². The first-order valence-electron chi connectivity index (χ1n) is 23.8. The Morgan fingerprint density at radius 3 is 0.964 bits per heavy atom. The lowest BCUT2D eigenvalue weighted by Crippen LogP contribution is -2.30. The van der Waals surface area contributed by atoms with Crippen LogP contribution >= 0.6 is 0 Å². The Kier molecular flexibility index (Phi) is 42.9. The second-order valence-electron chi connectivity index (χ2n) is 16.0. The molecular weight excluding hydrogens is 685 g/mol. The Bertz CT molecular complexity index is 896. The van der Waals surface area contributed by atoms with Crippen LogP contribution in [0.2, 0.25) is 0 Å². The van der Waals surface area contributed by atoms with Gasteiger partial charge >= 0.3 is 17.9 Å². The van der Waals surface area contributed by atoms with Crippen molar-refractivity contribution in [2.45, 2.75) is 258 Å². The van der Waals surface area contributed by atoms with Gasteiger partial charge in [-0.25, -0.2) is 0 Å². The maximum atomic E-state index is 12.7. The zero-order chi connectivity index (χ0) is 40.1. The summed E-state index contributed by atoms with van der Waals surface area (Å²) in [4.78, 5) is 37.7. The average molecular weight is 775 g/mol. The van der Waals surface area contributed by atoms with Crippen molar-refractivity contribution >= 4 is 17.9 Å². The van der Waals surface area contributed by atoms with Crippen LogP contribution in [0, 0.1) is 0 Å². The summed E-state index contributed by atoms with van der Waals surface area (Å²) in [5.74, 6) is -0.887. The summed E-state index contributed by atoms with van der Waals surface area (Å²) in [5, 5.41) is 0. The Balaban J connectivity index is 4.37. The van der Waals surface area contributed by atoms with Gasteiger partial charge in [0, 0.05) is 19.3 Å². The molecule has 0 unspecified atom stereocenters. The molecule has 0 N–H and O–H groups in total. The molecule has 0 aliphatic carbocycles. The van der Waals surface area contributed by atoms with E-state index in [1.165, 1.54) is 141 Å². The van der Waals surface area contributed by atoms with Crippen LogP contribution in [0.3, 0.4) is 0 Å². The minimum atomic E-state index is -0.772. The summed E-state index contributed by atoms with van der Waals surface area (Å²) in [6, 6.07) is 0. The molecule has 0 heterocycles. The highest BCUT2D eigenvalue weighted by Gasteiger charge is 2.19. The highest BCUT2D eigenvalue weighted by molar-refractivity contribution is 5.71. The van der Waals surface area contributed by atoms with E-state index in [2.05, 4.69) is 45.1 Å². The second kappa shape index (κ2) is 44.6. The van der Waals surface area contributed by atoms with Gasteiger partial charge in [0.05, 0.1) is 0 Å². The van der Waals surface area contributed by atoms with Gasteiger partial charge in [-0.15, -0.1) is 0 Å². The van der Waals surface area contributed by atoms with Crippen LogP contribution in [0.1, 0.15) is 252 Å². The molecule has 0 bridgehead atoms. The van der Waals surface area contributed by atoms with Crippen molar-refractivity contribution in [3.8, 4) is 0 Å². The lowest BCUT2D eigenvalue weighted by Gasteiger charge is -2.18. The summed E-state index contributed by atoms with van der Waals surface area (Å²) in [6.45, 7) is 6.58. The fourth-order valence-corrected chi connectivity index (χ4v) is 6.77. The van der Waals surface area contributed by atoms with E-state index in [1.807, 2.05) is 0 Å². The topological polar surface area (TPSA) is 78.9 Å². The number of ether oxygens (including phenoxy) is 3. The standard InChI is InChI=1S/C49H90O6/c1-4-7-10-13-16-19-22-23-24-25-28-31-34-37-40-43-49(52)55-46(44-53-47(50)41-38-35-32-29-26-20-17-14-11-8-5-2)45-54-48(51)42-39-36-33-30-27-21-18-15-12-9-6-3/h14,17,23-24,46H,4-13,15-16,18-22,25-45H2,1-3H3/b17-14-,24-23-/t46-/m1/s1. The molecule has 6 nitrogen and oxygen atoms in total. The number of esters is 3. The molecule has 0 aliphatic rings. The fourth-order valence-electron chi connectivity index (χ4n) is 6.77. The highest BCUT2D eigenvalue weighted by atomic mass is 16.6. The number of unbranched alkanes of at least 4 members (excludes halogenated alkanes) is 28. The van der Waals surface area contributed by atoms with E-state index in [4.69, 9.17) is 14.2 Å². The molecule has 1 atom stereocenters. The van der Waals surface area contributed by atoms with Gasteiger partial charge in [0.2, 0.25) is 0 Å². The summed E-state index contributed by atoms with van der Waals surface area (Å²) in [7, 11) is 0. The van der Waals surface area contributed by atoms with Gasteiger partial charge in [0.25, 0.3) is 0 Å². The predicted molar refractivity (Wildman–Crippen MR) is 233 cm³/mol. The second-order valence-corrected chi connectivity index (χ2v) is 16.0. The van der Waals surface area contributed by atoms with Gasteiger partial charge in [-0.05, 0) is 64.2 Å². The van der Waals surface area contributed by atoms with Gasteiger partial charge in [0.1, 0.15) is 13.2 Å². The number of hydrogen-bond donors (Lipinski definition) is 0. The average Bonchev–Trinajstić information content (AvgIpc) is 3.18. The molecule has 0 amide bonds. The van der Waals surface area contributed by atoms with E-state index < -0.39 is 6.10 Å². The van der Waals surface area contributed by atoms with E-state index in [0.29, 0.717) is 19.3 Å². The summed E-state index contributed by atoms with van der Waals surface area (Å²) >= 11 is 0. The van der Waals surface area contributed by atoms with Crippen LogP contribution in [-0.4, -0.2) is 37.2 Å². The van der Waals surface area contributed by atoms with Crippen molar-refractivity contribution in [2.24, 2.45) is 0 Å². The molecule has 55 heavy (non-hydrogen) atoms. The third kappa shape index (κ3) is 42.9. The van der Waals surface area contributed by atoms with Crippen molar-refractivity contribution < 1.29 is 28.6 Å². The van der Waals surface area contributed by atoms with Gasteiger partial charge in [-0.3, -0.25) is 14.4 Å². The molecule has 322 valence electrons. The third-order valence-corrected chi connectivity index (χ3v) is 10.4. The molecule has 0 aromatic rings. The number of hydrogen-bond acceptors (Lipinski definition) is 6. The summed E-state index contributed by atoms with van der Waals surface area (Å²) < 4.78 is 16.7. The molecule has 6 heteroatoms. The first kappa shape index (κ1) is 52.9. The van der Waals surface area contributed by atoms with Crippen LogP contribution < -0.4 is 0 Å². The Labute approximate surface area is 341 Å². The van der Waals surface area contributed by atoms with E-state index in [9.17, 15) is 14.4 Å². The highest BCUT2D eigenvalue weighted by Crippen LogP contribution is 2.14. The number of carbonyl (C=O) groups is 3. The summed E-state index contributed by atoms with van der Waals surface area (Å²) in [6.07, 6.45) is 48.7. The fraction of sp³-hybridized carbons (Fsp3) is 0.857. The van der Waals surface area contributed by atoms with Gasteiger partial charge in [-0.2, -0.15) is 0 Å². The van der Waals surface area contributed by atoms with Crippen molar-refractivity contribution in [3.05, 3.63) is 24.3 Å². The molecule has 0 aliphatic heterocycles. The van der Waals surface area contributed by atoms with Crippen LogP contribution in [0.25, 0.3) is 0 Å². The summed E-state index contributed by atoms with van der Waals surface area (Å²) in [5.41, 5.74) is 0. The first-order chi connectivity index (χ1) is 27.0. The van der Waals surface area contributed by atoms with Crippen molar-refractivity contribution in [1.29, 1.82) is 0 Å². The van der Waals surface area contributed by atoms with Crippen LogP contribution in [-0.2, 0) is 28.6 Å². The largest absolute Gasteiger partial charge is 0.462 e. The maximum absolute atomic E-state index is 12.7. The SMILES string of the molecule is CCCC/C=C\CCCCCCCC(=O)OC[C@H](COC(=O)CCCCCCCCCCCCC)OC(=O)CCCCCCC/C=C\CCCCCCCC. The molecule has 0 spiro atoms. The molecule has 0 rings (SSSR count). The van der Waals surface area contributed by atoms with Crippen molar-refractivity contribution in [2.75, 3.05) is 13.2 Å². The van der Waals surface area contributed by atoms with Crippen LogP contribution in [0.4, 0.5) is 0 Å². The van der Waals surface area contributed by atoms with E-state index >= 15 is 0 Å². The Morgan fingerprint density at radius 1 is 0.345 bits per heavy atom. The lowest BCUT2D eigenvalue weighted by molar-refractivity contribution is -0.167. The number of carbonyl (C=O) groups excluding carboxylic acids is 3. The number of rotatable bonds is 43. The number of allylic oxidation sites excluding steroid dienone is 4. The van der Waals surface area contributed by atoms with E-state index in [1.54, 1.807) is 0 Å². The quantitative estimate of drug-likeness (QED) is 0.0266. The van der Waals surface area contributed by atoms with Gasteiger partial charge in [-0.1, -0.05) is 193 Å². The minimum absolute atomic E-state index is 0.0743. The molecule has 0 radical (unpaired) electrons. The molecule has 0 fully saturated rings. The monoisotopic (exact) mass is 775 g/mol. The smallest absolute Gasteiger partial charge is 0.306 e. The van der Waals surface area contributed by atoms with Crippen LogP contribution in [0.5, 0.6) is 0 Å². The molecule has 0 saturated carbocycles. The zero-order valence-corrected chi connectivity index (χ0v) is 36.7. The molecule has 0 aromatic heterocycles. The lowest BCUT2D eigenvalue weighted by atomic mass is 10.1. The van der Waals surface area contributed by atoms with Crippen molar-refractivity contribution in [3.63, 3.8) is 0 Å². The maximum Gasteiger partial charge on any atom is 0.306 e.